The minimum Gasteiger partial charge on any atom is -0.488 e. The van der Waals surface area contributed by atoms with E-state index in [2.05, 4.69) is 13.8 Å². The number of furan rings is 1. The zero-order chi connectivity index (χ0) is 21.7. The predicted molar refractivity (Wildman–Crippen MR) is 115 cm³/mol. The number of fused-ring (bicyclic) bond motifs is 1. The van der Waals surface area contributed by atoms with Crippen LogP contribution in [0.3, 0.4) is 0 Å². The maximum absolute atomic E-state index is 14.2. The van der Waals surface area contributed by atoms with Crippen LogP contribution in [0.5, 0.6) is 5.75 Å². The molecule has 0 amide bonds. The van der Waals surface area contributed by atoms with Gasteiger partial charge in [-0.3, -0.25) is 4.79 Å². The molecule has 0 N–H and O–H groups in total. The highest BCUT2D eigenvalue weighted by atomic mass is 19.1. The van der Waals surface area contributed by atoms with Gasteiger partial charge in [-0.2, -0.15) is 0 Å². The molecule has 3 rings (SSSR count). The molecule has 160 valence electrons. The number of hydrogen-bond acceptors (Lipinski definition) is 4. The van der Waals surface area contributed by atoms with Gasteiger partial charge in [0.2, 0.25) is 0 Å². The van der Waals surface area contributed by atoms with Crippen LogP contribution in [0.25, 0.3) is 11.0 Å². The quantitative estimate of drug-likeness (QED) is 0.299. The Balaban J connectivity index is 1.78. The Morgan fingerprint density at radius 1 is 1.07 bits per heavy atom. The zero-order valence-corrected chi connectivity index (χ0v) is 18.1. The number of halogens is 1. The van der Waals surface area contributed by atoms with Crippen molar-refractivity contribution in [2.75, 3.05) is 6.61 Å². The molecular formula is C25H29FO4. The van der Waals surface area contributed by atoms with Gasteiger partial charge in [0, 0.05) is 23.8 Å². The van der Waals surface area contributed by atoms with Crippen LogP contribution in [-0.2, 0) is 29.0 Å². The topological polar surface area (TPSA) is 48.7 Å². The second kappa shape index (κ2) is 9.79. The normalized spacial score (nSPS) is 11.3. The lowest BCUT2D eigenvalue weighted by atomic mass is 10.0. The molecule has 1 aromatic heterocycles. The molecule has 0 bridgehead atoms. The largest absolute Gasteiger partial charge is 0.488 e. The van der Waals surface area contributed by atoms with E-state index in [0.29, 0.717) is 36.6 Å². The van der Waals surface area contributed by atoms with Gasteiger partial charge in [0.1, 0.15) is 29.5 Å². The van der Waals surface area contributed by atoms with Crippen LogP contribution >= 0.6 is 0 Å². The van der Waals surface area contributed by atoms with Gasteiger partial charge >= 0.3 is 0 Å². The molecule has 0 fully saturated rings. The van der Waals surface area contributed by atoms with E-state index >= 15 is 0 Å². The Morgan fingerprint density at radius 2 is 1.87 bits per heavy atom. The summed E-state index contributed by atoms with van der Waals surface area (Å²) in [5, 5.41) is 0.769. The molecule has 0 radical (unpaired) electrons. The maximum Gasteiger partial charge on any atom is 0.293 e. The van der Waals surface area contributed by atoms with Crippen molar-refractivity contribution < 1.29 is 23.1 Å². The molecule has 30 heavy (non-hydrogen) atoms. The zero-order valence-electron chi connectivity index (χ0n) is 18.1. The lowest BCUT2D eigenvalue weighted by Crippen LogP contribution is -2.03. The van der Waals surface area contributed by atoms with Crippen LogP contribution in [-0.4, -0.2) is 13.1 Å². The molecule has 4 nitrogen and oxygen atoms in total. The molecule has 0 saturated heterocycles. The summed E-state index contributed by atoms with van der Waals surface area (Å²) in [5.41, 5.74) is 4.60. The Bertz CT molecular complexity index is 1020. The van der Waals surface area contributed by atoms with Crippen molar-refractivity contribution in [3.8, 4) is 5.75 Å². The third-order valence-electron chi connectivity index (χ3n) is 5.47. The van der Waals surface area contributed by atoms with E-state index in [1.165, 1.54) is 12.1 Å². The second-order valence-corrected chi connectivity index (χ2v) is 8.11. The van der Waals surface area contributed by atoms with Gasteiger partial charge in [0.25, 0.3) is 6.47 Å². The Labute approximate surface area is 177 Å². The highest BCUT2D eigenvalue weighted by Crippen LogP contribution is 2.29. The molecule has 1 heterocycles. The van der Waals surface area contributed by atoms with E-state index in [0.717, 1.165) is 46.4 Å². The fourth-order valence-corrected chi connectivity index (χ4v) is 3.55. The summed E-state index contributed by atoms with van der Waals surface area (Å²) in [6.45, 7) is 9.39. The average molecular weight is 413 g/mol. The van der Waals surface area contributed by atoms with Gasteiger partial charge in [0.05, 0.1) is 6.61 Å². The van der Waals surface area contributed by atoms with E-state index in [-0.39, 0.29) is 12.4 Å². The molecule has 0 aliphatic rings. The molecule has 0 atom stereocenters. The number of aryl methyl sites for hydroxylation is 1. The van der Waals surface area contributed by atoms with Crippen LogP contribution in [0.1, 0.15) is 48.3 Å². The summed E-state index contributed by atoms with van der Waals surface area (Å²) in [5.74, 6) is 1.91. The van der Waals surface area contributed by atoms with Crippen LogP contribution in [0.4, 0.5) is 4.39 Å². The van der Waals surface area contributed by atoms with Crippen LogP contribution in [0.2, 0.25) is 0 Å². The highest BCUT2D eigenvalue weighted by molar-refractivity contribution is 5.81. The summed E-state index contributed by atoms with van der Waals surface area (Å²) in [4.78, 5) is 10.3. The first kappa shape index (κ1) is 21.9. The second-order valence-electron chi connectivity index (χ2n) is 8.11. The maximum atomic E-state index is 14.2. The van der Waals surface area contributed by atoms with Gasteiger partial charge in [-0.25, -0.2) is 4.39 Å². The molecule has 0 unspecified atom stereocenters. The standard InChI is InChI=1S/C25H29FO4/c1-16(2)5-7-23-13-20-11-22(26)12-21(25(20)30-23)14-29-24-8-6-19(9-10-28-15-27)17(3)18(24)4/h6,8,11-13,15-16H,5,7,9-10,14H2,1-4H3. The summed E-state index contributed by atoms with van der Waals surface area (Å²) >= 11 is 0. The molecule has 0 aliphatic heterocycles. The Morgan fingerprint density at radius 3 is 2.60 bits per heavy atom. The van der Waals surface area contributed by atoms with Crippen molar-refractivity contribution in [1.82, 2.24) is 0 Å². The van der Waals surface area contributed by atoms with Crippen LogP contribution < -0.4 is 4.74 Å². The van der Waals surface area contributed by atoms with Gasteiger partial charge < -0.3 is 13.9 Å². The van der Waals surface area contributed by atoms with Gasteiger partial charge in [-0.15, -0.1) is 0 Å². The molecular weight excluding hydrogens is 383 g/mol. The summed E-state index contributed by atoms with van der Waals surface area (Å²) in [6.07, 6.45) is 2.51. The monoisotopic (exact) mass is 412 g/mol. The SMILES string of the molecule is Cc1c(CCOC=O)ccc(OCc2cc(F)cc3cc(CCC(C)C)oc23)c1C. The van der Waals surface area contributed by atoms with E-state index < -0.39 is 0 Å². The number of ether oxygens (including phenoxy) is 2. The number of hydrogen-bond donors (Lipinski definition) is 0. The number of benzene rings is 2. The summed E-state index contributed by atoms with van der Waals surface area (Å²) in [7, 11) is 0. The van der Waals surface area contributed by atoms with Gasteiger partial charge in [-0.05, 0) is 67.1 Å². The third-order valence-corrected chi connectivity index (χ3v) is 5.47. The number of carbonyl (C=O) groups excluding carboxylic acids is 1. The van der Waals surface area contributed by atoms with Crippen molar-refractivity contribution in [3.05, 3.63) is 64.2 Å². The molecule has 3 aromatic rings. The number of carbonyl (C=O) groups is 1. The predicted octanol–water partition coefficient (Wildman–Crippen LogP) is 6.07. The molecule has 2 aromatic carbocycles. The number of rotatable bonds is 10. The molecule has 5 heteroatoms. The minimum atomic E-state index is -0.296. The van der Waals surface area contributed by atoms with Crippen LogP contribution in [0, 0.1) is 25.6 Å². The average Bonchev–Trinajstić information content (AvgIpc) is 3.12. The summed E-state index contributed by atoms with van der Waals surface area (Å²) < 4.78 is 31.0. The van der Waals surface area contributed by atoms with Crippen molar-refractivity contribution in [1.29, 1.82) is 0 Å². The third kappa shape index (κ3) is 5.21. The van der Waals surface area contributed by atoms with E-state index in [1.807, 2.05) is 32.0 Å². The fraction of sp³-hybridized carbons (Fsp3) is 0.400. The first-order chi connectivity index (χ1) is 14.4. The van der Waals surface area contributed by atoms with E-state index in [9.17, 15) is 9.18 Å². The van der Waals surface area contributed by atoms with Gasteiger partial charge in [0.15, 0.2) is 0 Å². The minimum absolute atomic E-state index is 0.222. The lowest BCUT2D eigenvalue weighted by molar-refractivity contribution is -0.128. The van der Waals surface area contributed by atoms with Gasteiger partial charge in [-0.1, -0.05) is 19.9 Å². The van der Waals surface area contributed by atoms with E-state index in [1.54, 1.807) is 0 Å². The molecule has 0 saturated carbocycles. The molecule has 0 spiro atoms. The lowest BCUT2D eigenvalue weighted by Gasteiger charge is -2.14. The van der Waals surface area contributed by atoms with Crippen molar-refractivity contribution in [2.24, 2.45) is 5.92 Å². The first-order valence-corrected chi connectivity index (χ1v) is 10.4. The Hall–Kier alpha value is -2.82. The summed E-state index contributed by atoms with van der Waals surface area (Å²) in [6, 6.07) is 8.79. The van der Waals surface area contributed by atoms with E-state index in [4.69, 9.17) is 13.9 Å². The Kier molecular flexibility index (Phi) is 7.14. The molecule has 0 aliphatic carbocycles. The van der Waals surface area contributed by atoms with Crippen molar-refractivity contribution in [2.45, 2.75) is 53.6 Å². The highest BCUT2D eigenvalue weighted by Gasteiger charge is 2.14. The first-order valence-electron chi connectivity index (χ1n) is 10.4. The van der Waals surface area contributed by atoms with Crippen molar-refractivity contribution >= 4 is 17.4 Å². The van der Waals surface area contributed by atoms with Crippen molar-refractivity contribution in [3.63, 3.8) is 0 Å². The fourth-order valence-electron chi connectivity index (χ4n) is 3.55. The smallest absolute Gasteiger partial charge is 0.293 e. The van der Waals surface area contributed by atoms with Crippen LogP contribution in [0.15, 0.2) is 34.7 Å².